The van der Waals surface area contributed by atoms with Crippen LogP contribution in [0.3, 0.4) is 0 Å². The second-order valence-electron chi connectivity index (χ2n) is 3.06. The summed E-state index contributed by atoms with van der Waals surface area (Å²) in [4.78, 5) is 9.33. The third-order valence-corrected chi connectivity index (χ3v) is 2.79. The zero-order chi connectivity index (χ0) is 10.5. The van der Waals surface area contributed by atoms with E-state index >= 15 is 0 Å². The van der Waals surface area contributed by atoms with Crippen molar-refractivity contribution >= 4 is 7.60 Å². The van der Waals surface area contributed by atoms with E-state index < -0.39 is 7.60 Å². The lowest BCUT2D eigenvalue weighted by Crippen LogP contribution is -2.04. The molecule has 0 saturated carbocycles. The summed E-state index contributed by atoms with van der Waals surface area (Å²) in [6.07, 6.45) is 1.82. The average Bonchev–Trinajstić information content (AvgIpc) is 1.97. The Morgan fingerprint density at radius 3 is 2.54 bits per heavy atom. The predicted octanol–water partition coefficient (Wildman–Crippen LogP) is 3.08. The summed E-state index contributed by atoms with van der Waals surface area (Å²) in [6, 6.07) is 0. The van der Waals surface area contributed by atoms with Gasteiger partial charge in [-0.05, 0) is 20.3 Å². The molecule has 4 heteroatoms. The van der Waals surface area contributed by atoms with Crippen molar-refractivity contribution in [3.05, 3.63) is 24.0 Å². The smallest absolute Gasteiger partial charge is 0.321 e. The molecule has 0 amide bonds. The van der Waals surface area contributed by atoms with E-state index in [9.17, 15) is 9.46 Å². The van der Waals surface area contributed by atoms with Crippen molar-refractivity contribution in [3.63, 3.8) is 0 Å². The maximum atomic E-state index is 11.4. The first-order valence-electron chi connectivity index (χ1n) is 4.20. The van der Waals surface area contributed by atoms with Crippen molar-refractivity contribution in [2.75, 3.05) is 0 Å². The van der Waals surface area contributed by atoms with Crippen molar-refractivity contribution < 1.29 is 14.0 Å². The topological polar surface area (TPSA) is 46.5 Å². The zero-order valence-corrected chi connectivity index (χ0v) is 9.25. The monoisotopic (exact) mass is 204 g/mol. The minimum absolute atomic E-state index is 0.355. The fraction of sp³-hybridized carbons (Fsp3) is 0.556. The number of hydrogen-bond donors (Lipinski definition) is 1. The van der Waals surface area contributed by atoms with Crippen LogP contribution in [0.4, 0.5) is 0 Å². The van der Waals surface area contributed by atoms with E-state index in [1.54, 1.807) is 13.8 Å². The minimum Gasteiger partial charge on any atom is -0.321 e. The zero-order valence-electron chi connectivity index (χ0n) is 8.36. The third-order valence-electron chi connectivity index (χ3n) is 1.37. The molecule has 0 aliphatic heterocycles. The van der Waals surface area contributed by atoms with E-state index in [4.69, 9.17) is 4.52 Å². The molecular weight excluding hydrogens is 187 g/mol. The van der Waals surface area contributed by atoms with Crippen molar-refractivity contribution in [1.29, 1.82) is 0 Å². The molecule has 2 unspecified atom stereocenters. The molecule has 0 aliphatic carbocycles. The van der Waals surface area contributed by atoms with Crippen LogP contribution in [0.2, 0.25) is 0 Å². The predicted molar refractivity (Wildman–Crippen MR) is 54.6 cm³/mol. The normalized spacial score (nSPS) is 17.2. The van der Waals surface area contributed by atoms with Crippen LogP contribution in [0.25, 0.3) is 0 Å². The quantitative estimate of drug-likeness (QED) is 0.553. The van der Waals surface area contributed by atoms with Crippen LogP contribution in [0, 0.1) is 0 Å². The van der Waals surface area contributed by atoms with Gasteiger partial charge in [-0.1, -0.05) is 18.6 Å². The summed E-state index contributed by atoms with van der Waals surface area (Å²) in [6.45, 7) is 8.89. The summed E-state index contributed by atoms with van der Waals surface area (Å²) in [7, 11) is -3.57. The van der Waals surface area contributed by atoms with Gasteiger partial charge in [-0.15, -0.1) is 6.58 Å². The fourth-order valence-corrected chi connectivity index (χ4v) is 2.17. The van der Waals surface area contributed by atoms with E-state index in [-0.39, 0.29) is 6.10 Å². The van der Waals surface area contributed by atoms with Crippen molar-refractivity contribution in [2.45, 2.75) is 33.3 Å². The van der Waals surface area contributed by atoms with Gasteiger partial charge < -0.3 is 4.89 Å². The van der Waals surface area contributed by atoms with E-state index in [1.807, 2.05) is 6.92 Å². The molecule has 0 saturated heterocycles. The molecule has 2 atom stereocenters. The van der Waals surface area contributed by atoms with Crippen LogP contribution >= 0.6 is 7.60 Å². The summed E-state index contributed by atoms with van der Waals surface area (Å²) < 4.78 is 16.3. The van der Waals surface area contributed by atoms with Crippen molar-refractivity contribution in [1.82, 2.24) is 0 Å². The molecule has 0 rings (SSSR count). The molecule has 0 heterocycles. The summed E-state index contributed by atoms with van der Waals surface area (Å²) in [5, 5.41) is 0. The maximum Gasteiger partial charge on any atom is 0.352 e. The molecule has 0 spiro atoms. The lowest BCUT2D eigenvalue weighted by molar-refractivity contribution is 0.214. The van der Waals surface area contributed by atoms with Gasteiger partial charge in [0, 0.05) is 5.82 Å². The Labute approximate surface area is 79.7 Å². The van der Waals surface area contributed by atoms with Gasteiger partial charge in [-0.2, -0.15) is 0 Å². The maximum absolute atomic E-state index is 11.4. The van der Waals surface area contributed by atoms with Gasteiger partial charge in [0.25, 0.3) is 0 Å². The molecule has 0 aromatic rings. The molecule has 76 valence electrons. The Balaban J connectivity index is 4.41. The number of rotatable bonds is 5. The largest absolute Gasteiger partial charge is 0.352 e. The van der Waals surface area contributed by atoms with E-state index in [0.29, 0.717) is 6.42 Å². The molecule has 3 nitrogen and oxygen atoms in total. The average molecular weight is 204 g/mol. The molecule has 0 radical (unpaired) electrons. The van der Waals surface area contributed by atoms with Crippen LogP contribution in [0.15, 0.2) is 24.0 Å². The summed E-state index contributed by atoms with van der Waals surface area (Å²) in [5.41, 5.74) is 0.768. The molecular formula is C9H17O3P. The van der Waals surface area contributed by atoms with Crippen LogP contribution in [-0.2, 0) is 9.09 Å². The molecule has 0 aromatic heterocycles. The Bertz CT molecular complexity index is 241. The molecule has 13 heavy (non-hydrogen) atoms. The highest BCUT2D eigenvalue weighted by atomic mass is 31.2. The van der Waals surface area contributed by atoms with Gasteiger partial charge in [-0.25, -0.2) is 0 Å². The third kappa shape index (κ3) is 5.81. The Hall–Kier alpha value is -0.370. The highest BCUT2D eigenvalue weighted by Gasteiger charge is 2.19. The molecule has 0 fully saturated rings. The van der Waals surface area contributed by atoms with E-state index in [0.717, 1.165) is 5.57 Å². The summed E-state index contributed by atoms with van der Waals surface area (Å²) >= 11 is 0. The van der Waals surface area contributed by atoms with Crippen LogP contribution in [0.5, 0.6) is 0 Å². The van der Waals surface area contributed by atoms with Gasteiger partial charge in [0.05, 0.1) is 6.10 Å². The molecule has 0 aliphatic rings. The first-order chi connectivity index (χ1) is 5.91. The first-order valence-corrected chi connectivity index (χ1v) is 5.85. The summed E-state index contributed by atoms with van der Waals surface area (Å²) in [5.74, 6) is 1.25. The first kappa shape index (κ1) is 12.6. The second kappa shape index (κ2) is 5.38. The lowest BCUT2D eigenvalue weighted by atomic mass is 10.3. The Morgan fingerprint density at radius 2 is 2.23 bits per heavy atom. The van der Waals surface area contributed by atoms with E-state index in [2.05, 4.69) is 6.58 Å². The number of hydrogen-bond acceptors (Lipinski definition) is 2. The molecule has 1 N–H and O–H groups in total. The van der Waals surface area contributed by atoms with Crippen molar-refractivity contribution in [2.24, 2.45) is 0 Å². The van der Waals surface area contributed by atoms with Gasteiger partial charge in [0.2, 0.25) is 0 Å². The van der Waals surface area contributed by atoms with Gasteiger partial charge >= 0.3 is 7.60 Å². The SMILES string of the molecule is C=CC(CC)OP(=O)(O)C=C(C)C. The molecule has 0 bridgehead atoms. The lowest BCUT2D eigenvalue weighted by Gasteiger charge is -2.14. The van der Waals surface area contributed by atoms with Gasteiger partial charge in [0.15, 0.2) is 0 Å². The second-order valence-corrected chi connectivity index (χ2v) is 4.66. The van der Waals surface area contributed by atoms with Crippen LogP contribution in [0.1, 0.15) is 27.2 Å². The molecule has 0 aromatic carbocycles. The fourth-order valence-electron chi connectivity index (χ4n) is 0.835. The van der Waals surface area contributed by atoms with Crippen LogP contribution in [-0.4, -0.2) is 11.0 Å². The number of allylic oxidation sites excluding steroid dienone is 1. The van der Waals surface area contributed by atoms with Gasteiger partial charge in [-0.3, -0.25) is 9.09 Å². The minimum atomic E-state index is -3.57. The van der Waals surface area contributed by atoms with Crippen LogP contribution < -0.4 is 0 Å². The van der Waals surface area contributed by atoms with Crippen molar-refractivity contribution in [3.8, 4) is 0 Å². The van der Waals surface area contributed by atoms with E-state index in [1.165, 1.54) is 11.9 Å². The standard InChI is InChI=1S/C9H17O3P/c1-5-9(6-2)12-13(10,11)7-8(3)4/h5,7,9H,1,6H2,2-4H3,(H,10,11). The highest BCUT2D eigenvalue weighted by molar-refractivity contribution is 7.56. The van der Waals surface area contributed by atoms with Gasteiger partial charge in [0.1, 0.15) is 0 Å². The highest BCUT2D eigenvalue weighted by Crippen LogP contribution is 2.46. The Morgan fingerprint density at radius 1 is 1.69 bits per heavy atom. The Kier molecular flexibility index (Phi) is 5.23.